The van der Waals surface area contributed by atoms with Gasteiger partial charge in [-0.05, 0) is 71.0 Å². The Hall–Kier alpha value is -7.39. The average molecular weight is 1430 g/mol. The summed E-state index contributed by atoms with van der Waals surface area (Å²) in [6, 6.07) is 7.91. The Bertz CT molecular complexity index is 2520. The lowest BCUT2D eigenvalue weighted by atomic mass is 9.90. The molecule has 0 saturated carbocycles. The van der Waals surface area contributed by atoms with Crippen LogP contribution in [0.3, 0.4) is 0 Å². The van der Waals surface area contributed by atoms with E-state index in [1.807, 2.05) is 38.1 Å². The highest BCUT2D eigenvalue weighted by atomic mass is 16.6. The maximum atomic E-state index is 13.8. The number of carbonyl (C=O) groups is 9. The van der Waals surface area contributed by atoms with Crippen molar-refractivity contribution in [3.63, 3.8) is 0 Å². The van der Waals surface area contributed by atoms with E-state index in [1.54, 1.807) is 14.0 Å². The van der Waals surface area contributed by atoms with E-state index in [0.29, 0.717) is 31.7 Å². The van der Waals surface area contributed by atoms with Crippen molar-refractivity contribution in [1.29, 1.82) is 0 Å². The topological polar surface area (TPSA) is 314 Å². The molecule has 2 aliphatic rings. The number of hydrogen-bond donors (Lipinski definition) is 0. The Morgan fingerprint density at radius 1 is 0.386 bits per heavy atom. The molecule has 101 heavy (non-hydrogen) atoms. The number of esters is 7. The quantitative estimate of drug-likeness (QED) is 0.0290. The van der Waals surface area contributed by atoms with Gasteiger partial charge in [-0.1, -0.05) is 39.5 Å². The predicted molar refractivity (Wildman–Crippen MR) is 372 cm³/mol. The van der Waals surface area contributed by atoms with E-state index in [1.165, 1.54) is 0 Å². The van der Waals surface area contributed by atoms with Gasteiger partial charge in [0, 0.05) is 114 Å². The molecule has 1 aromatic rings. The minimum atomic E-state index is -0.927. The summed E-state index contributed by atoms with van der Waals surface area (Å²) in [7, 11) is 1.56. The summed E-state index contributed by atoms with van der Waals surface area (Å²) in [5.41, 5.74) is -0.611. The van der Waals surface area contributed by atoms with Crippen LogP contribution in [0.2, 0.25) is 0 Å². The third-order valence-corrected chi connectivity index (χ3v) is 15.5. The van der Waals surface area contributed by atoms with Crippen LogP contribution in [-0.4, -0.2) is 305 Å². The van der Waals surface area contributed by atoms with Crippen molar-refractivity contribution in [2.45, 2.75) is 52.0 Å². The lowest BCUT2D eigenvalue weighted by Gasteiger charge is -2.36. The molecule has 0 N–H and O–H groups in total. The van der Waals surface area contributed by atoms with E-state index in [0.717, 1.165) is 114 Å². The zero-order valence-electron chi connectivity index (χ0n) is 59.9. The van der Waals surface area contributed by atoms with Crippen molar-refractivity contribution in [3.05, 3.63) is 106 Å². The SMILES string of the molecule is C=CC(=O)OCCOCC(COCCOC(=O)C=C)(COCCOC(=O)C=C)COCCOC(=O)CCN1CCCN(c2ccc(C(=O)C(C)(C)N3CCCN(CCC(C)=O)CC3)cc2)CC1.C=CC(=O)OCCOCC(COCCOC)(COCCOC(=O)C=C)COCCOC(=O)C=C. The largest absolute Gasteiger partial charge is 0.463 e. The number of nitrogens with zero attached hydrogens (tertiary/aromatic N) is 4. The molecular weight excluding hydrogens is 1320 g/mol. The standard InChI is InChI=1S/C49H74N4O14.C23H36O11/c1-7-43(55)64-32-28-60-36-49(37-61-29-33-65-44(56)8-2,38-62-30-34-66-45(57)9-3)39-63-31-35-67-46(58)17-23-51-18-10-20-52(26-24-51)42-14-12-41(13-15-42)47(59)48(5,6)53-21-11-19-50(25-27-53)22-16-40(4)54;1-5-20(24)32-13-10-29-17-23(16-28-9-8-27-4,18-30-11-14-33-21(25)6-2)19-31-12-15-34-22(26)7-3/h7-9,12-15H,1-3,10-11,16-39H2,4-6H3;5-7H,1-3,8-19H2,4H3. The zero-order chi connectivity index (χ0) is 74.4. The molecule has 0 radical (unpaired) electrons. The van der Waals surface area contributed by atoms with Crippen LogP contribution in [0.1, 0.15) is 56.8 Å². The van der Waals surface area contributed by atoms with E-state index >= 15 is 0 Å². The first kappa shape index (κ1) is 89.7. The van der Waals surface area contributed by atoms with E-state index in [4.69, 9.17) is 75.8 Å². The summed E-state index contributed by atoms with van der Waals surface area (Å²) >= 11 is 0. The van der Waals surface area contributed by atoms with Gasteiger partial charge in [-0.15, -0.1) is 0 Å². The van der Waals surface area contributed by atoms with Crippen LogP contribution in [-0.2, 0) is 114 Å². The summed E-state index contributed by atoms with van der Waals surface area (Å²) in [5, 5.41) is 0. The van der Waals surface area contributed by atoms with E-state index in [9.17, 15) is 43.2 Å². The third-order valence-electron chi connectivity index (χ3n) is 15.5. The monoisotopic (exact) mass is 1430 g/mol. The van der Waals surface area contributed by atoms with Crippen molar-refractivity contribution < 1.29 is 119 Å². The van der Waals surface area contributed by atoms with E-state index in [-0.39, 0.29) is 169 Å². The molecule has 29 nitrogen and oxygen atoms in total. The molecule has 0 spiro atoms. The zero-order valence-corrected chi connectivity index (χ0v) is 59.9. The van der Waals surface area contributed by atoms with Crippen LogP contribution < -0.4 is 4.90 Å². The molecule has 1 aromatic carbocycles. The second-order valence-corrected chi connectivity index (χ2v) is 23.9. The fourth-order valence-electron chi connectivity index (χ4n) is 9.89. The first-order valence-corrected chi connectivity index (χ1v) is 33.8. The lowest BCUT2D eigenvalue weighted by Crippen LogP contribution is -2.51. The molecule has 2 heterocycles. The Kier molecular flexibility index (Phi) is 48.2. The van der Waals surface area contributed by atoms with Gasteiger partial charge in [0.15, 0.2) is 5.78 Å². The Morgan fingerprint density at radius 3 is 1.04 bits per heavy atom. The van der Waals surface area contributed by atoms with Gasteiger partial charge in [-0.2, -0.15) is 0 Å². The number of carbonyl (C=O) groups excluding carboxylic acids is 9. The molecule has 2 aliphatic heterocycles. The van der Waals surface area contributed by atoms with Crippen LogP contribution in [0, 0.1) is 10.8 Å². The second-order valence-electron chi connectivity index (χ2n) is 23.9. The molecular formula is C72H110N4O25. The van der Waals surface area contributed by atoms with Gasteiger partial charge in [-0.25, -0.2) is 28.8 Å². The van der Waals surface area contributed by atoms with Gasteiger partial charge < -0.3 is 90.5 Å². The predicted octanol–water partition coefficient (Wildman–Crippen LogP) is 4.19. The van der Waals surface area contributed by atoms with Crippen LogP contribution in [0.5, 0.6) is 0 Å². The molecule has 568 valence electrons. The summed E-state index contributed by atoms with van der Waals surface area (Å²) in [6.45, 7) is 35.9. The third kappa shape index (κ3) is 40.7. The first-order chi connectivity index (χ1) is 48.6. The molecule has 0 aliphatic carbocycles. The normalized spacial score (nSPS) is 13.9. The van der Waals surface area contributed by atoms with Crippen molar-refractivity contribution in [3.8, 4) is 0 Å². The maximum Gasteiger partial charge on any atom is 0.330 e. The van der Waals surface area contributed by atoms with Crippen LogP contribution in [0.25, 0.3) is 0 Å². The minimum Gasteiger partial charge on any atom is -0.463 e. The van der Waals surface area contributed by atoms with Crippen LogP contribution >= 0.6 is 0 Å². The highest BCUT2D eigenvalue weighted by Crippen LogP contribution is 2.27. The molecule has 2 fully saturated rings. The van der Waals surface area contributed by atoms with Crippen LogP contribution in [0.4, 0.5) is 5.69 Å². The Balaban J connectivity index is 0.000000857. The highest BCUT2D eigenvalue weighted by molar-refractivity contribution is 6.03. The van der Waals surface area contributed by atoms with Crippen molar-refractivity contribution in [2.75, 3.05) is 236 Å². The minimum absolute atomic E-state index is 0.00626. The average Bonchev–Trinajstić information content (AvgIpc) is 1.72. The molecule has 0 bridgehead atoms. The Labute approximate surface area is 595 Å². The number of rotatable bonds is 56. The number of ketones is 2. The number of hydrogen-bond acceptors (Lipinski definition) is 29. The second kappa shape index (κ2) is 54.3. The summed E-state index contributed by atoms with van der Waals surface area (Å²) in [6.07, 6.45) is 8.97. The molecule has 2 saturated heterocycles. The van der Waals surface area contributed by atoms with E-state index < -0.39 is 52.2 Å². The van der Waals surface area contributed by atoms with Gasteiger partial charge in [0.25, 0.3) is 0 Å². The van der Waals surface area contributed by atoms with Crippen molar-refractivity contribution in [2.24, 2.45) is 10.8 Å². The number of benzene rings is 1. The molecule has 0 aromatic heterocycles. The molecule has 3 rings (SSSR count). The fraction of sp³-hybridized carbons (Fsp3) is 0.625. The smallest absolute Gasteiger partial charge is 0.330 e. The number of methoxy groups -OCH3 is 1. The molecule has 0 unspecified atom stereocenters. The summed E-state index contributed by atoms with van der Waals surface area (Å²) in [5.74, 6) is -3.47. The Morgan fingerprint density at radius 2 is 0.703 bits per heavy atom. The van der Waals surface area contributed by atoms with Crippen molar-refractivity contribution in [1.82, 2.24) is 14.7 Å². The number of ether oxygens (including phenoxy) is 16. The lowest BCUT2D eigenvalue weighted by molar-refractivity contribution is -0.150. The maximum absolute atomic E-state index is 13.8. The van der Waals surface area contributed by atoms with E-state index in [2.05, 4.69) is 59.1 Å². The molecule has 29 heteroatoms. The fourth-order valence-corrected chi connectivity index (χ4v) is 9.89. The van der Waals surface area contributed by atoms with Gasteiger partial charge in [0.1, 0.15) is 52.0 Å². The van der Waals surface area contributed by atoms with Gasteiger partial charge >= 0.3 is 41.8 Å². The van der Waals surface area contributed by atoms with Gasteiger partial charge in [-0.3, -0.25) is 19.3 Å². The first-order valence-electron chi connectivity index (χ1n) is 33.8. The van der Waals surface area contributed by atoms with Gasteiger partial charge in [0.05, 0.1) is 135 Å². The number of Topliss-reactive ketones (excluding diaryl/α,β-unsaturated/α-hetero) is 2. The summed E-state index contributed by atoms with van der Waals surface area (Å²) < 4.78 is 86.6. The molecule has 0 atom stereocenters. The van der Waals surface area contributed by atoms with Crippen LogP contribution in [0.15, 0.2) is 100 Å². The molecule has 0 amide bonds. The van der Waals surface area contributed by atoms with Crippen molar-refractivity contribution >= 4 is 59.0 Å². The number of anilines is 1. The summed E-state index contributed by atoms with van der Waals surface area (Å²) in [4.78, 5) is 115. The van der Waals surface area contributed by atoms with Gasteiger partial charge in [0.2, 0.25) is 0 Å². The highest BCUT2D eigenvalue weighted by Gasteiger charge is 2.37.